The van der Waals surface area contributed by atoms with Crippen molar-refractivity contribution in [3.05, 3.63) is 65.5 Å². The van der Waals surface area contributed by atoms with Gasteiger partial charge in [0, 0.05) is 11.8 Å². The molecule has 0 aliphatic carbocycles. The summed E-state index contributed by atoms with van der Waals surface area (Å²) in [5, 5.41) is 2.98. The van der Waals surface area contributed by atoms with Gasteiger partial charge in [0.05, 0.1) is 38.6 Å². The Morgan fingerprint density at radius 2 is 1.67 bits per heavy atom. The third kappa shape index (κ3) is 4.51. The van der Waals surface area contributed by atoms with Crippen molar-refractivity contribution in [2.75, 3.05) is 21.3 Å². The van der Waals surface area contributed by atoms with Gasteiger partial charge in [0.2, 0.25) is 0 Å². The lowest BCUT2D eigenvalue weighted by molar-refractivity contribution is 0.0938. The van der Waals surface area contributed by atoms with E-state index in [-0.39, 0.29) is 11.9 Å². The number of methoxy groups -OCH3 is 3. The second-order valence-corrected chi connectivity index (χ2v) is 6.73. The minimum atomic E-state index is -0.240. The molecule has 0 bridgehead atoms. The maximum Gasteiger partial charge on any atom is 0.255 e. The standard InChI is InChI=1S/C23H25N3O4/c1-14(17-8-11-20(29-4)21(12-17)30-5)26-23(27)19-13-24-22(25-15(19)2)16-6-9-18(28-3)10-7-16/h6-14H,1-5H3,(H,26,27)/t14-/m0/s1. The van der Waals surface area contributed by atoms with E-state index in [1.807, 2.05) is 49.4 Å². The van der Waals surface area contributed by atoms with E-state index in [0.29, 0.717) is 28.6 Å². The molecule has 3 rings (SSSR count). The molecule has 1 atom stereocenters. The molecule has 0 saturated heterocycles. The van der Waals surface area contributed by atoms with E-state index in [0.717, 1.165) is 16.9 Å². The third-order valence-electron chi connectivity index (χ3n) is 4.83. The highest BCUT2D eigenvalue weighted by atomic mass is 16.5. The van der Waals surface area contributed by atoms with Crippen molar-refractivity contribution in [3.8, 4) is 28.6 Å². The van der Waals surface area contributed by atoms with Gasteiger partial charge in [-0.3, -0.25) is 4.79 Å². The molecular weight excluding hydrogens is 382 g/mol. The van der Waals surface area contributed by atoms with E-state index < -0.39 is 0 Å². The molecule has 2 aromatic carbocycles. The molecule has 1 N–H and O–H groups in total. The zero-order valence-corrected chi connectivity index (χ0v) is 17.7. The molecule has 1 aromatic heterocycles. The number of benzene rings is 2. The van der Waals surface area contributed by atoms with E-state index in [2.05, 4.69) is 15.3 Å². The highest BCUT2D eigenvalue weighted by molar-refractivity contribution is 5.95. The number of carbonyl (C=O) groups is 1. The Labute approximate surface area is 176 Å². The maximum atomic E-state index is 12.8. The molecular formula is C23H25N3O4. The van der Waals surface area contributed by atoms with Crippen LogP contribution in [0.15, 0.2) is 48.7 Å². The smallest absolute Gasteiger partial charge is 0.255 e. The zero-order valence-electron chi connectivity index (χ0n) is 17.7. The number of carbonyl (C=O) groups excluding carboxylic acids is 1. The molecule has 1 heterocycles. The summed E-state index contributed by atoms with van der Waals surface area (Å²) in [6.07, 6.45) is 1.55. The lowest BCUT2D eigenvalue weighted by Crippen LogP contribution is -2.27. The average molecular weight is 407 g/mol. The van der Waals surface area contributed by atoms with Gasteiger partial charge in [-0.05, 0) is 55.8 Å². The minimum absolute atomic E-state index is 0.238. The third-order valence-corrected chi connectivity index (χ3v) is 4.83. The van der Waals surface area contributed by atoms with Crippen LogP contribution in [0.4, 0.5) is 0 Å². The van der Waals surface area contributed by atoms with E-state index in [9.17, 15) is 4.79 Å². The monoisotopic (exact) mass is 407 g/mol. The minimum Gasteiger partial charge on any atom is -0.497 e. The topological polar surface area (TPSA) is 82.6 Å². The summed E-state index contributed by atoms with van der Waals surface area (Å²) in [6, 6.07) is 12.8. The Kier molecular flexibility index (Phi) is 6.51. The zero-order chi connectivity index (χ0) is 21.7. The SMILES string of the molecule is COc1ccc(-c2ncc(C(=O)N[C@@H](C)c3ccc(OC)c(OC)c3)c(C)n2)cc1. The second kappa shape index (κ2) is 9.26. The first-order valence-electron chi connectivity index (χ1n) is 9.47. The van der Waals surface area contributed by atoms with Gasteiger partial charge in [-0.1, -0.05) is 6.07 Å². The fraction of sp³-hybridized carbons (Fsp3) is 0.261. The number of hydrogen-bond acceptors (Lipinski definition) is 6. The van der Waals surface area contributed by atoms with Gasteiger partial charge in [-0.2, -0.15) is 0 Å². The van der Waals surface area contributed by atoms with E-state index >= 15 is 0 Å². The van der Waals surface area contributed by atoms with Crippen molar-refractivity contribution >= 4 is 5.91 Å². The van der Waals surface area contributed by atoms with Crippen molar-refractivity contribution in [3.63, 3.8) is 0 Å². The Balaban J connectivity index is 1.76. The molecule has 0 aliphatic rings. The molecule has 0 fully saturated rings. The van der Waals surface area contributed by atoms with E-state index in [1.165, 1.54) is 0 Å². The maximum absolute atomic E-state index is 12.8. The first-order chi connectivity index (χ1) is 14.5. The van der Waals surface area contributed by atoms with Crippen LogP contribution in [0.3, 0.4) is 0 Å². The van der Waals surface area contributed by atoms with Crippen LogP contribution in [0.25, 0.3) is 11.4 Å². The Morgan fingerprint density at radius 3 is 2.27 bits per heavy atom. The molecule has 0 saturated carbocycles. The van der Waals surface area contributed by atoms with Gasteiger partial charge in [0.25, 0.3) is 5.91 Å². The van der Waals surface area contributed by atoms with Crippen LogP contribution < -0.4 is 19.5 Å². The van der Waals surface area contributed by atoms with Crippen LogP contribution in [0.5, 0.6) is 17.2 Å². The number of aromatic nitrogens is 2. The lowest BCUT2D eigenvalue weighted by Gasteiger charge is -2.17. The number of rotatable bonds is 7. The highest BCUT2D eigenvalue weighted by Crippen LogP contribution is 2.30. The fourth-order valence-corrected chi connectivity index (χ4v) is 3.05. The number of amides is 1. The number of hydrogen-bond donors (Lipinski definition) is 1. The summed E-state index contributed by atoms with van der Waals surface area (Å²) in [4.78, 5) is 21.7. The average Bonchev–Trinajstić information content (AvgIpc) is 2.78. The number of aryl methyl sites for hydroxylation is 1. The van der Waals surface area contributed by atoms with Gasteiger partial charge in [-0.15, -0.1) is 0 Å². The lowest BCUT2D eigenvalue weighted by atomic mass is 10.1. The quantitative estimate of drug-likeness (QED) is 0.638. The molecule has 0 radical (unpaired) electrons. The summed E-state index contributed by atoms with van der Waals surface area (Å²) < 4.78 is 15.8. The van der Waals surface area contributed by atoms with Crippen LogP contribution in [-0.4, -0.2) is 37.2 Å². The number of ether oxygens (including phenoxy) is 3. The largest absolute Gasteiger partial charge is 0.497 e. The summed E-state index contributed by atoms with van der Waals surface area (Å²) in [6.45, 7) is 3.70. The fourth-order valence-electron chi connectivity index (χ4n) is 3.05. The molecule has 3 aromatic rings. The van der Waals surface area contributed by atoms with Crippen molar-refractivity contribution in [1.29, 1.82) is 0 Å². The highest BCUT2D eigenvalue weighted by Gasteiger charge is 2.17. The Hall–Kier alpha value is -3.61. The van der Waals surface area contributed by atoms with Crippen molar-refractivity contribution in [2.24, 2.45) is 0 Å². The molecule has 7 heteroatoms. The molecule has 156 valence electrons. The first-order valence-corrected chi connectivity index (χ1v) is 9.47. The van der Waals surface area contributed by atoms with Crippen molar-refractivity contribution < 1.29 is 19.0 Å². The van der Waals surface area contributed by atoms with Crippen LogP contribution in [0, 0.1) is 6.92 Å². The van der Waals surface area contributed by atoms with Gasteiger partial charge in [0.15, 0.2) is 17.3 Å². The molecule has 0 aliphatic heterocycles. The molecule has 0 spiro atoms. The van der Waals surface area contributed by atoms with E-state index in [1.54, 1.807) is 34.4 Å². The normalized spacial score (nSPS) is 11.5. The molecule has 7 nitrogen and oxygen atoms in total. The van der Waals surface area contributed by atoms with Gasteiger partial charge in [0.1, 0.15) is 5.75 Å². The number of nitrogens with zero attached hydrogens (tertiary/aromatic N) is 2. The second-order valence-electron chi connectivity index (χ2n) is 6.73. The summed E-state index contributed by atoms with van der Waals surface area (Å²) in [5.41, 5.74) is 2.78. The molecule has 30 heavy (non-hydrogen) atoms. The predicted molar refractivity (Wildman–Crippen MR) is 114 cm³/mol. The van der Waals surface area contributed by atoms with E-state index in [4.69, 9.17) is 14.2 Å². The van der Waals surface area contributed by atoms with Gasteiger partial charge >= 0.3 is 0 Å². The Morgan fingerprint density at radius 1 is 0.967 bits per heavy atom. The van der Waals surface area contributed by atoms with Crippen molar-refractivity contribution in [1.82, 2.24) is 15.3 Å². The molecule has 0 unspecified atom stereocenters. The summed E-state index contributed by atoms with van der Waals surface area (Å²) in [5.74, 6) is 2.32. The summed E-state index contributed by atoms with van der Waals surface area (Å²) >= 11 is 0. The van der Waals surface area contributed by atoms with Crippen LogP contribution in [0.1, 0.15) is 34.6 Å². The van der Waals surface area contributed by atoms with Crippen LogP contribution >= 0.6 is 0 Å². The van der Waals surface area contributed by atoms with Crippen LogP contribution in [-0.2, 0) is 0 Å². The van der Waals surface area contributed by atoms with Crippen molar-refractivity contribution in [2.45, 2.75) is 19.9 Å². The Bertz CT molecular complexity index is 1040. The van der Waals surface area contributed by atoms with Crippen LogP contribution in [0.2, 0.25) is 0 Å². The summed E-state index contributed by atoms with van der Waals surface area (Å²) in [7, 11) is 4.78. The first kappa shape index (κ1) is 21.1. The predicted octanol–water partition coefficient (Wildman–Crippen LogP) is 3.97. The van der Waals surface area contributed by atoms with Gasteiger partial charge < -0.3 is 19.5 Å². The molecule has 1 amide bonds. The van der Waals surface area contributed by atoms with Gasteiger partial charge in [-0.25, -0.2) is 9.97 Å². The number of nitrogens with one attached hydrogen (secondary N) is 1.